The fourth-order valence-electron chi connectivity index (χ4n) is 3.81. The van der Waals surface area contributed by atoms with Gasteiger partial charge in [-0.2, -0.15) is 0 Å². The second-order valence-electron chi connectivity index (χ2n) is 7.99. The molecule has 2 N–H and O–H groups in total. The Bertz CT molecular complexity index is 843. The third-order valence-electron chi connectivity index (χ3n) is 5.55. The highest BCUT2D eigenvalue weighted by atomic mass is 16.5. The van der Waals surface area contributed by atoms with Gasteiger partial charge in [-0.25, -0.2) is 0 Å². The van der Waals surface area contributed by atoms with Crippen molar-refractivity contribution in [1.82, 2.24) is 10.2 Å². The largest absolute Gasteiger partial charge is 0.385 e. The molecule has 166 valence electrons. The Morgan fingerprint density at radius 3 is 2.35 bits per heavy atom. The third-order valence-corrected chi connectivity index (χ3v) is 5.55. The van der Waals surface area contributed by atoms with Gasteiger partial charge < -0.3 is 15.4 Å². The van der Waals surface area contributed by atoms with E-state index in [1.165, 1.54) is 31.2 Å². The van der Waals surface area contributed by atoms with Crippen molar-refractivity contribution in [2.75, 3.05) is 38.7 Å². The van der Waals surface area contributed by atoms with Crippen molar-refractivity contribution in [2.24, 2.45) is 0 Å². The van der Waals surface area contributed by atoms with Crippen LogP contribution >= 0.6 is 0 Å². The average Bonchev–Trinajstić information content (AvgIpc) is 3.06. The minimum Gasteiger partial charge on any atom is -0.385 e. The number of para-hydroxylation sites is 1. The summed E-state index contributed by atoms with van der Waals surface area (Å²) in [5.74, 6) is -0.430. The topological polar surface area (TPSA) is 70.7 Å². The molecule has 1 heterocycles. The van der Waals surface area contributed by atoms with Crippen LogP contribution < -0.4 is 10.6 Å². The van der Waals surface area contributed by atoms with Gasteiger partial charge >= 0.3 is 0 Å². The fraction of sp³-hybridized carbons (Fsp3) is 0.440. The smallest absolute Gasteiger partial charge is 0.255 e. The predicted molar refractivity (Wildman–Crippen MR) is 123 cm³/mol. The number of methoxy groups -OCH3 is 1. The SMILES string of the molecule is COCCCNC(=O)c1ccccc1NC(=O)c1ccc(CN2CCCCCC2)cc1. The summed E-state index contributed by atoms with van der Waals surface area (Å²) in [6, 6.07) is 14.8. The number of amides is 2. The summed E-state index contributed by atoms with van der Waals surface area (Å²) in [7, 11) is 1.63. The van der Waals surface area contributed by atoms with Crippen LogP contribution in [0.15, 0.2) is 48.5 Å². The zero-order valence-electron chi connectivity index (χ0n) is 18.4. The van der Waals surface area contributed by atoms with Gasteiger partial charge in [0.05, 0.1) is 11.3 Å². The second kappa shape index (κ2) is 12.2. The van der Waals surface area contributed by atoms with E-state index in [0.717, 1.165) is 26.1 Å². The van der Waals surface area contributed by atoms with Crippen LogP contribution in [0.4, 0.5) is 5.69 Å². The molecule has 0 spiro atoms. The number of likely N-dealkylation sites (tertiary alicyclic amines) is 1. The van der Waals surface area contributed by atoms with Crippen LogP contribution in [0.3, 0.4) is 0 Å². The van der Waals surface area contributed by atoms with Crippen LogP contribution in [0.5, 0.6) is 0 Å². The Hall–Kier alpha value is -2.70. The van der Waals surface area contributed by atoms with E-state index in [1.807, 2.05) is 30.3 Å². The van der Waals surface area contributed by atoms with E-state index < -0.39 is 0 Å². The standard InChI is InChI=1S/C25H33N3O3/c1-31-18-8-15-26-25(30)22-9-4-5-10-23(22)27-24(29)21-13-11-20(12-14-21)19-28-16-6-2-3-7-17-28/h4-5,9-14H,2-3,6-8,15-19H2,1H3,(H,26,30)(H,27,29). The maximum Gasteiger partial charge on any atom is 0.255 e. The second-order valence-corrected chi connectivity index (χ2v) is 7.99. The monoisotopic (exact) mass is 423 g/mol. The van der Waals surface area contributed by atoms with Crippen molar-refractivity contribution in [3.63, 3.8) is 0 Å². The number of carbonyl (C=O) groups excluding carboxylic acids is 2. The number of carbonyl (C=O) groups is 2. The first-order chi connectivity index (χ1) is 15.2. The lowest BCUT2D eigenvalue weighted by Crippen LogP contribution is -2.26. The number of hydrogen-bond acceptors (Lipinski definition) is 4. The number of benzene rings is 2. The average molecular weight is 424 g/mol. The fourth-order valence-corrected chi connectivity index (χ4v) is 3.81. The number of nitrogens with zero attached hydrogens (tertiary/aromatic N) is 1. The molecule has 6 heteroatoms. The molecule has 3 rings (SSSR count). The van der Waals surface area contributed by atoms with Crippen LogP contribution in [-0.2, 0) is 11.3 Å². The first-order valence-corrected chi connectivity index (χ1v) is 11.2. The number of ether oxygens (including phenoxy) is 1. The predicted octanol–water partition coefficient (Wildman–Crippen LogP) is 4.08. The molecule has 0 atom stereocenters. The first-order valence-electron chi connectivity index (χ1n) is 11.2. The minimum atomic E-state index is -0.221. The number of anilines is 1. The van der Waals surface area contributed by atoms with E-state index >= 15 is 0 Å². The molecule has 0 aliphatic carbocycles. The molecule has 1 fully saturated rings. The van der Waals surface area contributed by atoms with Crippen molar-refractivity contribution < 1.29 is 14.3 Å². The van der Waals surface area contributed by atoms with E-state index in [4.69, 9.17) is 4.74 Å². The third kappa shape index (κ3) is 7.19. The zero-order chi connectivity index (χ0) is 21.9. The number of nitrogens with one attached hydrogen (secondary N) is 2. The zero-order valence-corrected chi connectivity index (χ0v) is 18.4. The summed E-state index contributed by atoms with van der Waals surface area (Å²) in [5, 5.41) is 5.75. The molecule has 31 heavy (non-hydrogen) atoms. The van der Waals surface area contributed by atoms with Gasteiger partial charge in [-0.15, -0.1) is 0 Å². The van der Waals surface area contributed by atoms with Crippen molar-refractivity contribution in [2.45, 2.75) is 38.6 Å². The Morgan fingerprint density at radius 1 is 0.935 bits per heavy atom. The summed E-state index contributed by atoms with van der Waals surface area (Å²) in [6.07, 6.45) is 5.91. The molecule has 2 aromatic rings. The highest BCUT2D eigenvalue weighted by Gasteiger charge is 2.14. The molecule has 2 amide bonds. The highest BCUT2D eigenvalue weighted by Crippen LogP contribution is 2.18. The van der Waals surface area contributed by atoms with Gasteiger partial charge in [0.15, 0.2) is 0 Å². The van der Waals surface area contributed by atoms with Crippen LogP contribution in [0, 0.1) is 0 Å². The lowest BCUT2D eigenvalue weighted by Gasteiger charge is -2.19. The van der Waals surface area contributed by atoms with Gasteiger partial charge in [0, 0.05) is 32.4 Å². The Balaban J connectivity index is 1.59. The molecule has 0 aromatic heterocycles. The molecule has 1 saturated heterocycles. The minimum absolute atomic E-state index is 0.209. The van der Waals surface area contributed by atoms with Crippen molar-refractivity contribution >= 4 is 17.5 Å². The Morgan fingerprint density at radius 2 is 1.65 bits per heavy atom. The van der Waals surface area contributed by atoms with Gasteiger partial charge in [-0.1, -0.05) is 37.1 Å². The summed E-state index contributed by atoms with van der Waals surface area (Å²) < 4.78 is 5.00. The van der Waals surface area contributed by atoms with Gasteiger partial charge in [-0.05, 0) is 62.2 Å². The van der Waals surface area contributed by atoms with E-state index in [2.05, 4.69) is 15.5 Å². The maximum atomic E-state index is 12.8. The molecule has 0 unspecified atom stereocenters. The summed E-state index contributed by atoms with van der Waals surface area (Å²) in [4.78, 5) is 27.8. The van der Waals surface area contributed by atoms with Crippen molar-refractivity contribution in [3.8, 4) is 0 Å². The van der Waals surface area contributed by atoms with Crippen molar-refractivity contribution in [1.29, 1.82) is 0 Å². The van der Waals surface area contributed by atoms with Gasteiger partial charge in [0.1, 0.15) is 0 Å². The van der Waals surface area contributed by atoms with Gasteiger partial charge in [-0.3, -0.25) is 14.5 Å². The Labute approximate surface area is 185 Å². The summed E-state index contributed by atoms with van der Waals surface area (Å²) >= 11 is 0. The molecular formula is C25H33N3O3. The van der Waals surface area contributed by atoms with E-state index in [9.17, 15) is 9.59 Å². The molecule has 1 aliphatic heterocycles. The normalized spacial score (nSPS) is 14.6. The van der Waals surface area contributed by atoms with Crippen LogP contribution in [0.2, 0.25) is 0 Å². The molecular weight excluding hydrogens is 390 g/mol. The summed E-state index contributed by atoms with van der Waals surface area (Å²) in [6.45, 7) is 4.33. The van der Waals surface area contributed by atoms with Crippen LogP contribution in [-0.4, -0.2) is 50.1 Å². The highest BCUT2D eigenvalue weighted by molar-refractivity contribution is 6.09. The molecule has 0 saturated carbocycles. The van der Waals surface area contributed by atoms with Crippen LogP contribution in [0.1, 0.15) is 58.4 Å². The van der Waals surface area contributed by atoms with E-state index in [-0.39, 0.29) is 11.8 Å². The van der Waals surface area contributed by atoms with E-state index in [0.29, 0.717) is 30.0 Å². The van der Waals surface area contributed by atoms with Crippen LogP contribution in [0.25, 0.3) is 0 Å². The van der Waals surface area contributed by atoms with Gasteiger partial charge in [0.2, 0.25) is 0 Å². The quantitative estimate of drug-likeness (QED) is 0.596. The first kappa shape index (κ1) is 23.0. The lowest BCUT2D eigenvalue weighted by molar-refractivity contribution is 0.0949. The molecule has 0 bridgehead atoms. The molecule has 6 nitrogen and oxygen atoms in total. The van der Waals surface area contributed by atoms with E-state index in [1.54, 1.807) is 25.3 Å². The molecule has 2 aromatic carbocycles. The molecule has 0 radical (unpaired) electrons. The molecule has 1 aliphatic rings. The number of hydrogen-bond donors (Lipinski definition) is 2. The Kier molecular flexibility index (Phi) is 9.06. The van der Waals surface area contributed by atoms with Gasteiger partial charge in [0.25, 0.3) is 11.8 Å². The summed E-state index contributed by atoms with van der Waals surface area (Å²) in [5.41, 5.74) is 2.75. The maximum absolute atomic E-state index is 12.8. The lowest BCUT2D eigenvalue weighted by atomic mass is 10.1. The van der Waals surface area contributed by atoms with Crippen molar-refractivity contribution in [3.05, 3.63) is 65.2 Å². The number of rotatable bonds is 9.